The van der Waals surface area contributed by atoms with E-state index in [1.165, 1.54) is 33.7 Å². The number of carbonyl (C=O) groups is 1. The zero-order chi connectivity index (χ0) is 93.9. The van der Waals surface area contributed by atoms with Crippen molar-refractivity contribution in [1.29, 1.82) is 0 Å². The second kappa shape index (κ2) is 36.0. The highest BCUT2D eigenvalue weighted by Crippen LogP contribution is 2.40. The first-order valence-electron chi connectivity index (χ1n) is 40.2. The number of halogens is 4. The van der Waals surface area contributed by atoms with Gasteiger partial charge >= 0.3 is 34.4 Å². The molecule has 2 fully saturated rings. The number of amides is 1. The number of nitrogens with zero attached hydrogens (tertiary/aromatic N) is 21. The summed E-state index contributed by atoms with van der Waals surface area (Å²) in [6.45, 7) is 21.2. The Morgan fingerprint density at radius 3 is 1.48 bits per heavy atom. The van der Waals surface area contributed by atoms with Crippen molar-refractivity contribution in [2.45, 2.75) is 101 Å². The Bertz CT molecular complexity index is 7680. The Morgan fingerprint density at radius 2 is 1.02 bits per heavy atom. The predicted molar refractivity (Wildman–Crippen MR) is 494 cm³/mol. The maximum Gasteiger partial charge on any atom is 0.534 e. The van der Waals surface area contributed by atoms with E-state index in [-0.39, 0.29) is 40.2 Å². The van der Waals surface area contributed by atoms with Crippen LogP contribution < -0.4 is 36.0 Å². The van der Waals surface area contributed by atoms with Crippen molar-refractivity contribution in [1.82, 2.24) is 101 Å². The molecule has 16 aromatic heterocycles. The Hall–Kier alpha value is -13.3. The van der Waals surface area contributed by atoms with E-state index in [0.717, 1.165) is 155 Å². The summed E-state index contributed by atoms with van der Waals surface area (Å²) in [7, 11) is 0.512. The summed E-state index contributed by atoms with van der Waals surface area (Å²) >= 11 is 3.30. The molecule has 4 N–H and O–H groups in total. The number of methoxy groups -OCH3 is 1. The van der Waals surface area contributed by atoms with E-state index in [0.29, 0.717) is 44.5 Å². The van der Waals surface area contributed by atoms with Crippen molar-refractivity contribution in [2.24, 2.45) is 28.2 Å². The molecule has 0 bridgehead atoms. The molecule has 17 aromatic rings. The molecule has 0 saturated carbocycles. The summed E-state index contributed by atoms with van der Waals surface area (Å²) in [5, 5.41) is 21.2. The summed E-state index contributed by atoms with van der Waals surface area (Å²) < 4.78 is 142. The van der Waals surface area contributed by atoms with Gasteiger partial charge in [-0.1, -0.05) is 6.58 Å². The molecule has 36 nitrogen and oxygen atoms in total. The average Bonchev–Trinajstić information content (AvgIpc) is 1.62. The molecule has 2 saturated heterocycles. The topological polar surface area (TPSA) is 413 Å². The van der Waals surface area contributed by atoms with Crippen molar-refractivity contribution in [3.8, 4) is 45.5 Å². The molecular weight excluding hydrogens is 1810 g/mol. The first-order chi connectivity index (χ1) is 61.2. The van der Waals surface area contributed by atoms with Gasteiger partial charge in [0.15, 0.2) is 0 Å². The number of hydrogen-bond acceptors (Lipinski definition) is 26. The van der Waals surface area contributed by atoms with Crippen molar-refractivity contribution in [2.75, 3.05) is 62.8 Å². The molecule has 0 spiro atoms. The Balaban J connectivity index is 0.000000127. The number of carbonyl (C=O) groups excluding carboxylic acids is 1. The highest BCUT2D eigenvalue weighted by atomic mass is 79.9. The Morgan fingerprint density at radius 1 is 0.592 bits per heavy atom. The molecule has 1 amide bonds. The quantitative estimate of drug-likeness (QED) is 0.0317. The van der Waals surface area contributed by atoms with Gasteiger partial charge in [0, 0.05) is 159 Å². The van der Waals surface area contributed by atoms with Gasteiger partial charge in [-0.2, -0.15) is 31.6 Å². The van der Waals surface area contributed by atoms with Gasteiger partial charge in [0.05, 0.1) is 99.3 Å². The molecular formula is C86H93BBrF3N24O12S3. The molecule has 18 heterocycles. The summed E-state index contributed by atoms with van der Waals surface area (Å²) in [6, 6.07) is 26.8. The fraction of sp³-hybridized carbons (Fsp3) is 0.291. The van der Waals surface area contributed by atoms with Gasteiger partial charge in [-0.3, -0.25) is 4.79 Å². The average molecular weight is 1900 g/mol. The lowest BCUT2D eigenvalue weighted by atomic mass is 9.80. The van der Waals surface area contributed by atoms with Crippen LogP contribution in [0.4, 0.5) is 30.2 Å². The Labute approximate surface area is 752 Å². The fourth-order valence-electron chi connectivity index (χ4n) is 14.8. The van der Waals surface area contributed by atoms with E-state index in [9.17, 15) is 48.0 Å². The van der Waals surface area contributed by atoms with Crippen LogP contribution in [0.15, 0.2) is 192 Å². The lowest BCUT2D eigenvalue weighted by Crippen LogP contribution is -2.42. The van der Waals surface area contributed by atoms with Crippen LogP contribution in [0.5, 0.6) is 11.8 Å². The maximum absolute atomic E-state index is 12.5. The zero-order valence-electron chi connectivity index (χ0n) is 73.9. The van der Waals surface area contributed by atoms with E-state index in [4.69, 9.17) is 19.8 Å². The maximum atomic E-state index is 12.5. The largest absolute Gasteiger partial charge is 0.534 e. The molecule has 0 atom stereocenters. The number of aromatic nitrogens is 20. The highest BCUT2D eigenvalue weighted by Gasteiger charge is 2.52. The number of alkyl halides is 3. The van der Waals surface area contributed by atoms with E-state index in [1.54, 1.807) is 53.8 Å². The molecule has 1 aromatic carbocycles. The number of H-pyrrole nitrogens is 1. The summed E-state index contributed by atoms with van der Waals surface area (Å²) in [4.78, 5) is 60.7. The van der Waals surface area contributed by atoms with Crippen LogP contribution in [0.3, 0.4) is 0 Å². The Kier molecular flexibility index (Phi) is 25.7. The van der Waals surface area contributed by atoms with Crippen molar-refractivity contribution < 1.29 is 61.4 Å². The number of anilines is 3. The monoisotopic (exact) mass is 1900 g/mol. The van der Waals surface area contributed by atoms with Gasteiger partial charge in [0.25, 0.3) is 10.3 Å². The number of aryl methyl sites for hydroxylation is 8. The third kappa shape index (κ3) is 19.2. The van der Waals surface area contributed by atoms with Gasteiger partial charge in [-0.15, -0.1) is 15.3 Å². The third-order valence-corrected chi connectivity index (χ3v) is 25.7. The van der Waals surface area contributed by atoms with Crippen molar-refractivity contribution in [3.05, 3.63) is 209 Å². The highest BCUT2D eigenvalue weighted by molar-refractivity contribution is 9.10. The standard InChI is InChI=1S/C17H26N4O2.C16H12F3N5O3S.C16H15N5O2S.C15H13N5O.C14H19BN2O2.C8H8BrN3O2S/c1-5-17(22)19-14-10-13(18)16(23-4)11-15(14)21-8-6-12(7-9-21)20(2)3;1-9-5-12(11-6-10-3-4-23(2)14(10)20-7-11)24-13(9)8-21-15(22-24)27-28(25,26)16(17,18)19;1-10-6-13(12-7-11-4-5-20(2)15(11)17-8-12)21-14(10)9-18-16(19-21)24(3,22)23;1-9-5-12(20-13(9)8-17-15(21)18-20)11-6-10-3-4-19(2)14(10)16-7-11;1-13(2)14(3,4)19-15(18-13)11-8-10-6-7-17(5)12(10)16-9-11;1-5-3-7(9)12-6(5)4-10-8(11-12)15(2,13)14/h5,10-12H,1,6-9,18H2,2-4H3,(H,19,22);3-8H,1-2H3;4-9H,1-3H3;3-8H,1-2H3,(H,18,21);6-9H,1-5H3;3-4H,1-2H3. The molecule has 130 heavy (non-hydrogen) atoms. The summed E-state index contributed by atoms with van der Waals surface area (Å²) in [5.74, 6) is 0.366. The van der Waals surface area contributed by atoms with Crippen LogP contribution >= 0.6 is 15.9 Å². The number of ether oxygens (including phenoxy) is 1. The molecule has 2 aliphatic rings. The minimum absolute atomic E-state index is 0.175. The van der Waals surface area contributed by atoms with Crippen LogP contribution in [0.1, 0.15) is 62.8 Å². The molecule has 19 rings (SSSR count). The number of nitrogens with two attached hydrogens (primary N) is 1. The first kappa shape index (κ1) is 92.9. The number of hydrogen-bond donors (Lipinski definition) is 3. The minimum Gasteiger partial charge on any atom is -0.495 e. The van der Waals surface area contributed by atoms with Gasteiger partial charge in [0.2, 0.25) is 25.6 Å². The molecule has 678 valence electrons. The number of nitrogens with one attached hydrogen (secondary N) is 2. The fourth-order valence-corrected chi connectivity index (χ4v) is 16.7. The number of aromatic amines is 1. The van der Waals surface area contributed by atoms with Crippen LogP contribution in [0.25, 0.3) is 100.0 Å². The van der Waals surface area contributed by atoms with Crippen LogP contribution in [-0.2, 0) is 72.1 Å². The molecule has 0 radical (unpaired) electrons. The second-order valence-electron chi connectivity index (χ2n) is 32.6. The summed E-state index contributed by atoms with van der Waals surface area (Å²) in [5.41, 5.74) is 17.4. The molecule has 2 aliphatic heterocycles. The number of benzene rings is 1. The first-order valence-corrected chi connectivity index (χ1v) is 46.2. The molecule has 44 heteroatoms. The SMILES string of the molecule is C=CC(=O)Nc1cc(N)c(OC)cc1N1CCC(N(C)C)CC1.Cc1cc(-c2cnc3c(ccn3C)c2)n2[nH]c(=O)ncc12.Cc1cc(-c2cnc3c(ccn3C)c2)n2nc(OS(=O)(=O)C(F)(F)F)ncc12.Cc1cc(-c2cnc3c(ccn3C)c2)n2nc(S(C)(=O)=O)ncc12.Cc1cc(Br)n2nc(S(C)(=O)=O)ncc12.Cn1ccc2cc(B3OC(C)(C)C(C)(C)O3)cnc21. The molecule has 0 aliphatic carbocycles. The number of fused-ring (bicyclic) bond motifs is 8. The zero-order valence-corrected chi connectivity index (χ0v) is 77.9. The number of piperidine rings is 1. The number of nitrogen functional groups attached to an aromatic ring is 1. The molecule has 0 unspecified atom stereocenters. The van der Waals surface area contributed by atoms with Crippen LogP contribution in [0, 0.1) is 27.7 Å². The van der Waals surface area contributed by atoms with Crippen molar-refractivity contribution >= 4 is 147 Å². The van der Waals surface area contributed by atoms with Gasteiger partial charge in [-0.05, 0) is 205 Å². The normalized spacial score (nSPS) is 14.1. The van der Waals surface area contributed by atoms with E-state index >= 15 is 0 Å². The minimum atomic E-state index is -5.87. The van der Waals surface area contributed by atoms with E-state index in [1.807, 2.05) is 159 Å². The van der Waals surface area contributed by atoms with Crippen LogP contribution in [-0.4, -0.2) is 209 Å². The summed E-state index contributed by atoms with van der Waals surface area (Å²) in [6.07, 6.45) is 26.2. The van der Waals surface area contributed by atoms with Crippen LogP contribution in [0.2, 0.25) is 0 Å². The smallest absolute Gasteiger partial charge is 0.495 e. The predicted octanol–water partition coefficient (Wildman–Crippen LogP) is 11.7. The third-order valence-electron chi connectivity index (χ3n) is 22.5. The van der Waals surface area contributed by atoms with E-state index < -0.39 is 41.3 Å². The number of sulfone groups is 2. The van der Waals surface area contributed by atoms with Crippen molar-refractivity contribution in [3.63, 3.8) is 0 Å². The lowest BCUT2D eigenvalue weighted by Gasteiger charge is -2.37. The van der Waals surface area contributed by atoms with E-state index in [2.05, 4.69) is 162 Å². The van der Waals surface area contributed by atoms with Gasteiger partial charge in [0.1, 0.15) is 32.9 Å². The number of pyridine rings is 4. The second-order valence-corrected chi connectivity index (χ2v) is 38.8. The van der Waals surface area contributed by atoms with Gasteiger partial charge < -0.3 is 57.3 Å². The van der Waals surface area contributed by atoms with Gasteiger partial charge in [-0.25, -0.2) is 74.7 Å². The number of rotatable bonds is 13. The lowest BCUT2D eigenvalue weighted by molar-refractivity contribution is -0.111.